The third-order valence-corrected chi connectivity index (χ3v) is 17.4. The molecular weight excluding hydrogens is 1350 g/mol. The number of aromatic nitrogens is 1. The van der Waals surface area contributed by atoms with Crippen LogP contribution >= 0.6 is 11.6 Å². The zero-order valence-corrected chi connectivity index (χ0v) is 59.0. The number of nitrogens with two attached hydrogens (primary N) is 4. The summed E-state index contributed by atoms with van der Waals surface area (Å²) in [6, 6.07) is 13.6. The van der Waals surface area contributed by atoms with E-state index in [9.17, 15) is 63.0 Å². The van der Waals surface area contributed by atoms with Crippen molar-refractivity contribution in [3.63, 3.8) is 0 Å². The fourth-order valence-corrected chi connectivity index (χ4v) is 11.8. The standard InChI is InChI=1S/C71H94ClN17O14/c1-40(2)32-53(62(95)83-52(16-10-29-78-70(74)75)69(102)89-31-11-17-58(89)66(99)80-41(3)60(73)93)84-61(94)51(15-9-30-79-71(76)103)82-67(100)59(37-44-21-26-50(92)27-22-44)88(5)68(101)57(39-90)87-65(98)56(36-46-12-8-28-77-38-46)86-64(97)55(34-43-19-24-49(72)25-20-43)85-63(96)54(81-42(4)91)35-45-18-23-47-13-6-7-14-48(47)33-45/h6-8,12-14,18-28,33,38,40-41,51-59,90,92H,9-11,15-17,29-32,34-37,39H2,1-5H3,(H2,73,93)(H,80,99)(H,81,91)(H,82,100)(H,83,95)(H,84,94)(H,85,96)(H,86,97)(H,87,98)(H4,74,75,78)(H3,76,79,103)/t41-,51-,52+,53+,54-,55-,56-,57+,58+,59+/m1/s1. The molecular formula is C71H94ClN17O14. The number of phenolic OH excluding ortho intramolecular Hbond substituents is 1. The number of amides is 13. The lowest BCUT2D eigenvalue weighted by Crippen LogP contribution is -2.62. The van der Waals surface area contributed by atoms with Gasteiger partial charge in [-0.2, -0.15) is 0 Å². The molecule has 6 rings (SSSR count). The number of nitrogens with one attached hydrogen (secondary N) is 9. The number of pyridine rings is 1. The number of carbonyl (C=O) groups is 12. The predicted octanol–water partition coefficient (Wildman–Crippen LogP) is -0.374. The molecule has 1 aromatic heterocycles. The number of guanidine groups is 1. The first kappa shape index (κ1) is 81.0. The molecule has 1 aliphatic heterocycles. The van der Waals surface area contributed by atoms with Gasteiger partial charge in [-0.1, -0.05) is 98.2 Å². The second-order valence-electron chi connectivity index (χ2n) is 25.8. The number of hydrogen-bond donors (Lipinski definition) is 15. The Bertz CT molecular complexity index is 3810. The number of aliphatic hydroxyl groups excluding tert-OH is 1. The molecule has 0 aliphatic carbocycles. The number of aliphatic hydroxyl groups is 1. The van der Waals surface area contributed by atoms with Gasteiger partial charge in [0.2, 0.25) is 65.0 Å². The molecule has 5 aromatic rings. The number of rotatable bonds is 38. The van der Waals surface area contributed by atoms with Crippen molar-refractivity contribution in [3.05, 3.63) is 143 Å². The van der Waals surface area contributed by atoms with Crippen LogP contribution in [0.3, 0.4) is 0 Å². The fourth-order valence-electron chi connectivity index (χ4n) is 11.7. The SMILES string of the molecule is CC(=O)N[C@H](Cc1ccc2ccccc2c1)C(=O)N[C@H](Cc1ccc(Cl)cc1)C(=O)N[C@H](Cc1cccnc1)C(=O)N[C@@H](CO)C(=O)N(C)[C@@H](Cc1ccc(O)cc1)C(=O)N[C@H](CCCNC(N)=O)C(=O)N[C@@H](CC(C)C)C(=O)N[C@@H](CCCN=C(N)N)C(=O)N1CCC[C@H]1C(=O)N[C@H](C)C(N)=O. The molecule has 4 aromatic carbocycles. The van der Waals surface area contributed by atoms with E-state index in [1.54, 1.807) is 50.2 Å². The van der Waals surface area contributed by atoms with Crippen molar-refractivity contribution in [1.82, 2.24) is 62.6 Å². The molecule has 0 bridgehead atoms. The molecule has 103 heavy (non-hydrogen) atoms. The maximum atomic E-state index is 15.1. The number of likely N-dealkylation sites (tertiary alicyclic amines) is 1. The first-order valence-electron chi connectivity index (χ1n) is 33.8. The summed E-state index contributed by atoms with van der Waals surface area (Å²) >= 11 is 6.24. The zero-order valence-electron chi connectivity index (χ0n) is 58.2. The van der Waals surface area contributed by atoms with Crippen LogP contribution in [0, 0.1) is 5.92 Å². The molecule has 0 saturated carbocycles. The highest BCUT2D eigenvalue weighted by atomic mass is 35.5. The maximum absolute atomic E-state index is 15.1. The highest BCUT2D eigenvalue weighted by Crippen LogP contribution is 2.23. The molecule has 10 atom stereocenters. The van der Waals surface area contributed by atoms with Crippen LogP contribution in [-0.2, 0) is 78.4 Å². The molecule has 0 spiro atoms. The Morgan fingerprint density at radius 2 is 1.16 bits per heavy atom. The van der Waals surface area contributed by atoms with E-state index >= 15 is 4.79 Å². The number of primary amides is 2. The lowest BCUT2D eigenvalue weighted by Gasteiger charge is -2.33. The summed E-state index contributed by atoms with van der Waals surface area (Å²) < 4.78 is 0. The average molecular weight is 1450 g/mol. The Labute approximate surface area is 601 Å². The molecule has 1 saturated heterocycles. The van der Waals surface area contributed by atoms with Crippen LogP contribution in [0.4, 0.5) is 4.79 Å². The Morgan fingerprint density at radius 3 is 1.76 bits per heavy atom. The van der Waals surface area contributed by atoms with Crippen LogP contribution in [0.2, 0.25) is 5.02 Å². The summed E-state index contributed by atoms with van der Waals surface area (Å²) in [5.74, 6) is -9.67. The lowest BCUT2D eigenvalue weighted by atomic mass is 9.99. The highest BCUT2D eigenvalue weighted by molar-refractivity contribution is 6.30. The van der Waals surface area contributed by atoms with Crippen molar-refractivity contribution in [2.75, 3.05) is 33.3 Å². The summed E-state index contributed by atoms with van der Waals surface area (Å²) in [5, 5.41) is 47.3. The number of fused-ring (bicyclic) bond motifs is 1. The normalized spacial score (nSPS) is 15.2. The number of carbonyl (C=O) groups excluding carboxylic acids is 12. The Hall–Kier alpha value is -10.9. The average Bonchev–Trinajstić information content (AvgIpc) is 1.82. The van der Waals surface area contributed by atoms with Gasteiger partial charge in [-0.3, -0.25) is 62.7 Å². The fraction of sp³-hybridized carbons (Fsp3) is 0.437. The van der Waals surface area contributed by atoms with Gasteiger partial charge in [-0.25, -0.2) is 4.79 Å². The first-order chi connectivity index (χ1) is 49.0. The molecule has 1 aliphatic rings. The number of nitrogens with zero attached hydrogens (tertiary/aromatic N) is 4. The third kappa shape index (κ3) is 25.9. The van der Waals surface area contributed by atoms with Gasteiger partial charge in [-0.05, 0) is 121 Å². The summed E-state index contributed by atoms with van der Waals surface area (Å²) in [7, 11) is 1.21. The largest absolute Gasteiger partial charge is 0.508 e. The van der Waals surface area contributed by atoms with Crippen molar-refractivity contribution in [3.8, 4) is 5.75 Å². The molecule has 0 unspecified atom stereocenters. The van der Waals surface area contributed by atoms with Crippen LogP contribution in [0.5, 0.6) is 5.75 Å². The molecule has 32 heteroatoms. The van der Waals surface area contributed by atoms with Crippen molar-refractivity contribution in [1.29, 1.82) is 0 Å². The van der Waals surface area contributed by atoms with Crippen molar-refractivity contribution < 1.29 is 67.7 Å². The molecule has 0 radical (unpaired) electrons. The quantitative estimate of drug-likeness (QED) is 0.0136. The Balaban J connectivity index is 1.27. The molecule has 19 N–H and O–H groups in total. The molecule has 2 heterocycles. The number of likely N-dealkylation sites (N-methyl/N-ethyl adjacent to an activating group) is 1. The number of phenols is 1. The van der Waals surface area contributed by atoms with Crippen LogP contribution in [0.25, 0.3) is 10.8 Å². The zero-order chi connectivity index (χ0) is 75.4. The van der Waals surface area contributed by atoms with Crippen LogP contribution in [0.1, 0.15) is 94.9 Å². The maximum Gasteiger partial charge on any atom is 0.312 e. The topological polar surface area (TPSA) is 489 Å². The lowest BCUT2D eigenvalue weighted by molar-refractivity contribution is -0.144. The van der Waals surface area contributed by atoms with Crippen molar-refractivity contribution in [2.24, 2.45) is 33.8 Å². The summed E-state index contributed by atoms with van der Waals surface area (Å²) in [4.78, 5) is 178. The molecule has 1 fully saturated rings. The number of halogens is 1. The van der Waals surface area contributed by atoms with Crippen molar-refractivity contribution in [2.45, 2.75) is 159 Å². The van der Waals surface area contributed by atoms with E-state index in [4.69, 9.17) is 34.5 Å². The van der Waals surface area contributed by atoms with Gasteiger partial charge in [0.25, 0.3) is 0 Å². The van der Waals surface area contributed by atoms with Crippen LogP contribution in [0.15, 0.2) is 121 Å². The van der Waals surface area contributed by atoms with Gasteiger partial charge < -0.3 is 90.8 Å². The minimum absolute atomic E-state index is 0.00218. The molecule has 13 amide bonds. The molecule has 554 valence electrons. The number of benzene rings is 4. The number of aromatic hydroxyl groups is 1. The van der Waals surface area contributed by atoms with E-state index in [1.165, 1.54) is 62.5 Å². The summed E-state index contributed by atoms with van der Waals surface area (Å²) in [5.41, 5.74) is 23.9. The highest BCUT2D eigenvalue weighted by Gasteiger charge is 2.41. The monoisotopic (exact) mass is 1440 g/mol. The number of aliphatic imine (C=N–C) groups is 1. The van der Waals surface area contributed by atoms with E-state index in [1.807, 2.05) is 42.5 Å². The summed E-state index contributed by atoms with van der Waals surface area (Å²) in [6.45, 7) is 5.18. The number of hydrogen-bond acceptors (Lipinski definition) is 16. The van der Waals surface area contributed by atoms with E-state index in [-0.39, 0.29) is 101 Å². The Morgan fingerprint density at radius 1 is 0.612 bits per heavy atom. The first-order valence-corrected chi connectivity index (χ1v) is 34.2. The van der Waals surface area contributed by atoms with E-state index < -0.39 is 138 Å². The van der Waals surface area contributed by atoms with Gasteiger partial charge >= 0.3 is 6.03 Å². The van der Waals surface area contributed by atoms with E-state index in [2.05, 4.69) is 57.8 Å². The predicted molar refractivity (Wildman–Crippen MR) is 383 cm³/mol. The van der Waals surface area contributed by atoms with Crippen molar-refractivity contribution >= 4 is 99.3 Å². The molecule has 31 nitrogen and oxygen atoms in total. The van der Waals surface area contributed by atoms with Gasteiger partial charge in [0, 0.05) is 76.7 Å². The van der Waals surface area contributed by atoms with Gasteiger partial charge in [-0.15, -0.1) is 0 Å². The van der Waals surface area contributed by atoms with E-state index in [0.717, 1.165) is 15.7 Å². The minimum Gasteiger partial charge on any atom is -0.508 e. The smallest absolute Gasteiger partial charge is 0.312 e. The Kier molecular flexibility index (Phi) is 31.4. The summed E-state index contributed by atoms with van der Waals surface area (Å²) in [6.07, 6.45) is 2.75. The van der Waals surface area contributed by atoms with Gasteiger partial charge in [0.1, 0.15) is 66.2 Å². The van der Waals surface area contributed by atoms with Gasteiger partial charge in [0.05, 0.1) is 6.61 Å². The number of urea groups is 1. The van der Waals surface area contributed by atoms with Crippen LogP contribution < -0.4 is 70.8 Å². The second kappa shape index (κ2) is 39.9. The third-order valence-electron chi connectivity index (χ3n) is 17.1. The minimum atomic E-state index is -1.84. The second-order valence-corrected chi connectivity index (χ2v) is 26.2. The van der Waals surface area contributed by atoms with E-state index in [0.29, 0.717) is 33.7 Å². The van der Waals surface area contributed by atoms with Gasteiger partial charge in [0.15, 0.2) is 5.96 Å². The van der Waals surface area contributed by atoms with Crippen LogP contribution in [-0.4, -0.2) is 196 Å².